The number of hydrogen-bond donors (Lipinski definition) is 0. The average Bonchev–Trinajstić information content (AvgIpc) is 3.30. The smallest absolute Gasteiger partial charge is 0.318 e. The Hall–Kier alpha value is -4.13. The summed E-state index contributed by atoms with van der Waals surface area (Å²) in [5, 5.41) is 3.97. The molecule has 0 saturated carbocycles. The van der Waals surface area contributed by atoms with Gasteiger partial charge >= 0.3 is 5.97 Å². The molecule has 31 heavy (non-hydrogen) atoms. The van der Waals surface area contributed by atoms with Gasteiger partial charge in [0.1, 0.15) is 23.2 Å². The summed E-state index contributed by atoms with van der Waals surface area (Å²) in [6.07, 6.45) is 0. The standard InChI is InChI=1S/C24H18N2O5/c1-28-16-12-10-15(11-13-16)23-25-21(31-26-23)14-29-24(27)22-17-6-2-4-8-19(17)30-20-9-5-3-7-18(20)22/h2-13,22H,14H2,1H3. The van der Waals surface area contributed by atoms with Gasteiger partial charge in [0.2, 0.25) is 5.82 Å². The Bertz CT molecular complexity index is 1190. The molecule has 2 heterocycles. The zero-order chi connectivity index (χ0) is 21.2. The fourth-order valence-corrected chi connectivity index (χ4v) is 3.55. The largest absolute Gasteiger partial charge is 0.497 e. The molecule has 0 amide bonds. The van der Waals surface area contributed by atoms with Crippen LogP contribution in [0.25, 0.3) is 11.4 Å². The maximum atomic E-state index is 13.1. The van der Waals surface area contributed by atoms with Crippen LogP contribution >= 0.6 is 0 Å². The molecule has 0 aliphatic carbocycles. The van der Waals surface area contributed by atoms with Crippen molar-refractivity contribution in [2.24, 2.45) is 0 Å². The van der Waals surface area contributed by atoms with Crippen LogP contribution in [0, 0.1) is 0 Å². The summed E-state index contributed by atoms with van der Waals surface area (Å²) in [6, 6.07) is 22.2. The van der Waals surface area contributed by atoms with Crippen molar-refractivity contribution in [3.05, 3.63) is 89.8 Å². The second-order valence-electron chi connectivity index (χ2n) is 6.96. The maximum absolute atomic E-state index is 13.1. The molecule has 0 radical (unpaired) electrons. The molecule has 0 bridgehead atoms. The number of ether oxygens (including phenoxy) is 3. The lowest BCUT2D eigenvalue weighted by Crippen LogP contribution is -2.21. The number of methoxy groups -OCH3 is 1. The zero-order valence-corrected chi connectivity index (χ0v) is 16.6. The third kappa shape index (κ3) is 3.61. The molecule has 7 heteroatoms. The van der Waals surface area contributed by atoms with E-state index in [-0.39, 0.29) is 12.5 Å². The monoisotopic (exact) mass is 414 g/mol. The van der Waals surface area contributed by atoms with Gasteiger partial charge in [-0.15, -0.1) is 0 Å². The van der Waals surface area contributed by atoms with E-state index >= 15 is 0 Å². The van der Waals surface area contributed by atoms with E-state index < -0.39 is 11.9 Å². The van der Waals surface area contributed by atoms with Crippen LogP contribution in [0.3, 0.4) is 0 Å². The van der Waals surface area contributed by atoms with E-state index in [0.717, 1.165) is 22.4 Å². The van der Waals surface area contributed by atoms with E-state index in [9.17, 15) is 4.79 Å². The zero-order valence-electron chi connectivity index (χ0n) is 16.6. The number of rotatable bonds is 5. The lowest BCUT2D eigenvalue weighted by Gasteiger charge is -2.26. The Morgan fingerprint density at radius 2 is 1.58 bits per heavy atom. The van der Waals surface area contributed by atoms with Gasteiger partial charge in [0.15, 0.2) is 6.61 Å². The summed E-state index contributed by atoms with van der Waals surface area (Å²) < 4.78 is 21.9. The van der Waals surface area contributed by atoms with E-state index in [0.29, 0.717) is 17.3 Å². The fourth-order valence-electron chi connectivity index (χ4n) is 3.55. The molecule has 1 aliphatic rings. The van der Waals surface area contributed by atoms with Gasteiger partial charge in [-0.1, -0.05) is 41.6 Å². The van der Waals surface area contributed by atoms with Crippen molar-refractivity contribution in [1.29, 1.82) is 0 Å². The summed E-state index contributed by atoms with van der Waals surface area (Å²) in [4.78, 5) is 17.4. The quantitative estimate of drug-likeness (QED) is 0.437. The summed E-state index contributed by atoms with van der Waals surface area (Å²) in [5.41, 5.74) is 2.29. The predicted molar refractivity (Wildman–Crippen MR) is 111 cm³/mol. The van der Waals surface area contributed by atoms with Gasteiger partial charge < -0.3 is 18.7 Å². The van der Waals surface area contributed by atoms with Crippen molar-refractivity contribution < 1.29 is 23.5 Å². The number of fused-ring (bicyclic) bond motifs is 2. The van der Waals surface area contributed by atoms with Gasteiger partial charge in [0, 0.05) is 16.7 Å². The first-order valence-corrected chi connectivity index (χ1v) is 9.72. The first kappa shape index (κ1) is 18.9. The molecular formula is C24H18N2O5. The van der Waals surface area contributed by atoms with E-state index in [2.05, 4.69) is 10.1 Å². The van der Waals surface area contributed by atoms with E-state index in [1.54, 1.807) is 7.11 Å². The van der Waals surface area contributed by atoms with Crippen LogP contribution in [0.2, 0.25) is 0 Å². The Morgan fingerprint density at radius 3 is 2.23 bits per heavy atom. The van der Waals surface area contributed by atoms with Crippen LogP contribution in [0.4, 0.5) is 0 Å². The van der Waals surface area contributed by atoms with E-state index in [4.69, 9.17) is 18.7 Å². The van der Waals surface area contributed by atoms with Gasteiger partial charge in [0.25, 0.3) is 5.89 Å². The number of esters is 1. The molecule has 1 aromatic heterocycles. The van der Waals surface area contributed by atoms with Crippen LogP contribution in [-0.2, 0) is 16.1 Å². The molecule has 0 spiro atoms. The number of benzene rings is 3. The van der Waals surface area contributed by atoms with E-state index in [1.165, 1.54) is 0 Å². The molecule has 5 rings (SSSR count). The molecule has 7 nitrogen and oxygen atoms in total. The van der Waals surface area contributed by atoms with Crippen LogP contribution in [0.15, 0.2) is 77.3 Å². The number of nitrogens with zero attached hydrogens (tertiary/aromatic N) is 2. The average molecular weight is 414 g/mol. The molecule has 0 fully saturated rings. The molecule has 4 aromatic rings. The van der Waals surface area contributed by atoms with Crippen LogP contribution in [-0.4, -0.2) is 23.2 Å². The Kier molecular flexibility index (Phi) is 4.84. The SMILES string of the molecule is COc1ccc(-c2noc(COC(=O)C3c4ccccc4Oc4ccccc43)n2)cc1. The fraction of sp³-hybridized carbons (Fsp3) is 0.125. The minimum absolute atomic E-state index is 0.121. The third-order valence-corrected chi connectivity index (χ3v) is 5.07. The minimum atomic E-state index is -0.592. The van der Waals surface area contributed by atoms with Crippen molar-refractivity contribution >= 4 is 5.97 Å². The molecule has 0 atom stereocenters. The summed E-state index contributed by atoms with van der Waals surface area (Å²) in [7, 11) is 1.60. The van der Waals surface area contributed by atoms with Crippen LogP contribution < -0.4 is 9.47 Å². The van der Waals surface area contributed by atoms with Gasteiger partial charge in [-0.2, -0.15) is 4.98 Å². The second-order valence-corrected chi connectivity index (χ2v) is 6.96. The van der Waals surface area contributed by atoms with Crippen molar-refractivity contribution in [3.8, 4) is 28.6 Å². The molecule has 0 unspecified atom stereocenters. The lowest BCUT2D eigenvalue weighted by atomic mass is 9.88. The van der Waals surface area contributed by atoms with Crippen molar-refractivity contribution in [3.63, 3.8) is 0 Å². The molecular weight excluding hydrogens is 396 g/mol. The Morgan fingerprint density at radius 1 is 0.935 bits per heavy atom. The number of carbonyl (C=O) groups excluding carboxylic acids is 1. The first-order chi connectivity index (χ1) is 15.2. The summed E-state index contributed by atoms with van der Waals surface area (Å²) in [5.74, 6) is 1.64. The highest BCUT2D eigenvalue weighted by Crippen LogP contribution is 2.44. The topological polar surface area (TPSA) is 83.7 Å². The highest BCUT2D eigenvalue weighted by Gasteiger charge is 2.33. The predicted octanol–water partition coefficient (Wildman–Crippen LogP) is 4.73. The minimum Gasteiger partial charge on any atom is -0.497 e. The van der Waals surface area contributed by atoms with Gasteiger partial charge in [-0.05, 0) is 36.4 Å². The molecule has 0 N–H and O–H groups in total. The second kappa shape index (κ2) is 7.95. The highest BCUT2D eigenvalue weighted by atomic mass is 16.6. The van der Waals surface area contributed by atoms with Gasteiger partial charge in [0.05, 0.1) is 7.11 Å². The molecule has 1 aliphatic heterocycles. The number of hydrogen-bond acceptors (Lipinski definition) is 7. The third-order valence-electron chi connectivity index (χ3n) is 5.07. The lowest BCUT2D eigenvalue weighted by molar-refractivity contribution is -0.146. The highest BCUT2D eigenvalue weighted by molar-refractivity contribution is 5.85. The van der Waals surface area contributed by atoms with Crippen molar-refractivity contribution in [2.45, 2.75) is 12.5 Å². The molecule has 3 aromatic carbocycles. The van der Waals surface area contributed by atoms with Crippen LogP contribution in [0.1, 0.15) is 22.9 Å². The van der Waals surface area contributed by atoms with Crippen LogP contribution in [0.5, 0.6) is 17.2 Å². The first-order valence-electron chi connectivity index (χ1n) is 9.72. The van der Waals surface area contributed by atoms with Crippen molar-refractivity contribution in [2.75, 3.05) is 7.11 Å². The van der Waals surface area contributed by atoms with Crippen molar-refractivity contribution in [1.82, 2.24) is 10.1 Å². The number of aromatic nitrogens is 2. The number of carbonyl (C=O) groups is 1. The van der Waals surface area contributed by atoms with Gasteiger partial charge in [-0.3, -0.25) is 4.79 Å². The Labute approximate surface area is 178 Å². The number of para-hydroxylation sites is 2. The summed E-state index contributed by atoms with van der Waals surface area (Å²) in [6.45, 7) is -0.121. The van der Waals surface area contributed by atoms with E-state index in [1.807, 2.05) is 72.8 Å². The molecule has 0 saturated heterocycles. The summed E-state index contributed by atoms with van der Waals surface area (Å²) >= 11 is 0. The Balaban J connectivity index is 1.34. The normalized spacial score (nSPS) is 12.4. The van der Waals surface area contributed by atoms with Gasteiger partial charge in [-0.25, -0.2) is 0 Å². The maximum Gasteiger partial charge on any atom is 0.318 e. The molecule has 154 valence electrons.